The van der Waals surface area contributed by atoms with Crippen LogP contribution >= 0.6 is 11.3 Å². The third kappa shape index (κ3) is 3.51. The van der Waals surface area contributed by atoms with E-state index in [1.807, 2.05) is 28.5 Å². The Balaban J connectivity index is 1.56. The minimum atomic E-state index is -0.318. The predicted molar refractivity (Wildman–Crippen MR) is 105 cm³/mol. The van der Waals surface area contributed by atoms with Gasteiger partial charge in [0.1, 0.15) is 11.9 Å². The summed E-state index contributed by atoms with van der Waals surface area (Å²) in [6.07, 6.45) is 8.70. The van der Waals surface area contributed by atoms with Gasteiger partial charge in [-0.05, 0) is 17.9 Å². The van der Waals surface area contributed by atoms with E-state index in [1.54, 1.807) is 6.20 Å². The molecule has 1 atom stereocenters. The van der Waals surface area contributed by atoms with Crippen molar-refractivity contribution in [2.24, 2.45) is 5.92 Å². The largest absolute Gasteiger partial charge is 0.340 e. The number of nitrogens with zero attached hydrogens (tertiary/aromatic N) is 2. The molecule has 4 rings (SSSR count). The van der Waals surface area contributed by atoms with Gasteiger partial charge in [-0.3, -0.25) is 10.2 Å². The molecule has 2 aromatic rings. The highest BCUT2D eigenvalue weighted by atomic mass is 32.1. The van der Waals surface area contributed by atoms with E-state index in [0.29, 0.717) is 23.4 Å². The van der Waals surface area contributed by atoms with E-state index in [2.05, 4.69) is 16.4 Å². The van der Waals surface area contributed by atoms with Crippen LogP contribution in [0, 0.1) is 11.3 Å². The van der Waals surface area contributed by atoms with Gasteiger partial charge in [-0.1, -0.05) is 56.4 Å². The molecule has 2 aliphatic rings. The molecule has 1 unspecified atom stereocenters. The minimum Gasteiger partial charge on any atom is -0.340 e. The van der Waals surface area contributed by atoms with Gasteiger partial charge in [0.15, 0.2) is 5.13 Å². The first-order valence-corrected chi connectivity index (χ1v) is 10.2. The van der Waals surface area contributed by atoms with Gasteiger partial charge in [-0.25, -0.2) is 4.98 Å². The number of benzene rings is 1. The first-order valence-electron chi connectivity index (χ1n) is 9.36. The summed E-state index contributed by atoms with van der Waals surface area (Å²) in [4.78, 5) is 19.2. The van der Waals surface area contributed by atoms with Crippen molar-refractivity contribution in [1.82, 2.24) is 9.88 Å². The standard InChI is InChI=1S/C20H24N4OS/c21-18-16-9-5-4-8-15(16)13-24(18)17(12-14-6-2-1-3-7-14)19(25)23-20-22-10-11-26-20/h4-5,8-11,14,17,21H,1-3,6-7,12-13H2,(H,22,23,25). The number of thiazole rings is 1. The molecule has 0 saturated heterocycles. The van der Waals surface area contributed by atoms with Crippen LogP contribution in [0.25, 0.3) is 0 Å². The number of anilines is 1. The zero-order valence-electron chi connectivity index (χ0n) is 14.8. The van der Waals surface area contributed by atoms with E-state index < -0.39 is 0 Å². The molecule has 136 valence electrons. The van der Waals surface area contributed by atoms with Crippen molar-refractivity contribution < 1.29 is 4.79 Å². The lowest BCUT2D eigenvalue weighted by Crippen LogP contribution is -2.45. The second kappa shape index (κ2) is 7.58. The van der Waals surface area contributed by atoms with Gasteiger partial charge in [0.25, 0.3) is 0 Å². The van der Waals surface area contributed by atoms with Crippen LogP contribution in [0.4, 0.5) is 5.13 Å². The van der Waals surface area contributed by atoms with Gasteiger partial charge in [0.2, 0.25) is 5.91 Å². The van der Waals surface area contributed by atoms with E-state index >= 15 is 0 Å². The topological polar surface area (TPSA) is 69.1 Å². The molecule has 1 aromatic carbocycles. The second-order valence-electron chi connectivity index (χ2n) is 7.22. The van der Waals surface area contributed by atoms with E-state index in [0.717, 1.165) is 17.5 Å². The van der Waals surface area contributed by atoms with Crippen LogP contribution < -0.4 is 5.32 Å². The molecular weight excluding hydrogens is 344 g/mol. The SMILES string of the molecule is N=C1c2ccccc2CN1C(CC1CCCCC1)C(=O)Nc1nccs1. The highest BCUT2D eigenvalue weighted by Crippen LogP contribution is 2.32. The van der Waals surface area contributed by atoms with Crippen LogP contribution in [0.2, 0.25) is 0 Å². The molecule has 0 radical (unpaired) electrons. The first kappa shape index (κ1) is 17.2. The normalized spacial score (nSPS) is 18.6. The fourth-order valence-electron chi connectivity index (χ4n) is 4.16. The van der Waals surface area contributed by atoms with Gasteiger partial charge in [0.05, 0.1) is 0 Å². The van der Waals surface area contributed by atoms with Crippen LogP contribution in [-0.2, 0) is 11.3 Å². The minimum absolute atomic E-state index is 0.0388. The maximum absolute atomic E-state index is 13.1. The van der Waals surface area contributed by atoms with E-state index in [9.17, 15) is 4.79 Å². The zero-order valence-corrected chi connectivity index (χ0v) is 15.6. The van der Waals surface area contributed by atoms with E-state index in [4.69, 9.17) is 5.41 Å². The third-order valence-electron chi connectivity index (χ3n) is 5.52. The lowest BCUT2D eigenvalue weighted by atomic mass is 9.84. The van der Waals surface area contributed by atoms with E-state index in [-0.39, 0.29) is 11.9 Å². The van der Waals surface area contributed by atoms with E-state index in [1.165, 1.54) is 43.4 Å². The Morgan fingerprint density at radius 1 is 1.31 bits per heavy atom. The maximum Gasteiger partial charge on any atom is 0.248 e. The number of aromatic nitrogens is 1. The molecule has 0 spiro atoms. The van der Waals surface area contributed by atoms with Crippen molar-refractivity contribution in [1.29, 1.82) is 5.41 Å². The number of carbonyl (C=O) groups is 1. The van der Waals surface area contributed by atoms with Crippen LogP contribution in [0.3, 0.4) is 0 Å². The van der Waals surface area contributed by atoms with Gasteiger partial charge >= 0.3 is 0 Å². The van der Waals surface area contributed by atoms with Crippen molar-refractivity contribution in [2.75, 3.05) is 5.32 Å². The Labute approximate surface area is 158 Å². The summed E-state index contributed by atoms with van der Waals surface area (Å²) < 4.78 is 0. The van der Waals surface area contributed by atoms with Gasteiger partial charge in [0, 0.05) is 23.7 Å². The average Bonchev–Trinajstić information content (AvgIpc) is 3.29. The molecule has 26 heavy (non-hydrogen) atoms. The maximum atomic E-state index is 13.1. The van der Waals surface area contributed by atoms with Gasteiger partial charge < -0.3 is 10.2 Å². The molecule has 1 aromatic heterocycles. The average molecular weight is 369 g/mol. The Hall–Kier alpha value is -2.21. The molecule has 2 N–H and O–H groups in total. The van der Waals surface area contributed by atoms with Crippen LogP contribution in [-0.4, -0.2) is 27.7 Å². The number of rotatable bonds is 5. The Morgan fingerprint density at radius 2 is 2.12 bits per heavy atom. The highest BCUT2D eigenvalue weighted by molar-refractivity contribution is 7.13. The summed E-state index contributed by atoms with van der Waals surface area (Å²) in [7, 11) is 0. The quantitative estimate of drug-likeness (QED) is 0.828. The van der Waals surface area contributed by atoms with Crippen molar-refractivity contribution in [3.63, 3.8) is 0 Å². The molecule has 1 amide bonds. The van der Waals surface area contributed by atoms with Gasteiger partial charge in [-0.15, -0.1) is 11.3 Å². The second-order valence-corrected chi connectivity index (χ2v) is 8.11. The lowest BCUT2D eigenvalue weighted by Gasteiger charge is -2.32. The Morgan fingerprint density at radius 3 is 2.85 bits per heavy atom. The molecule has 1 aliphatic heterocycles. The number of amidine groups is 1. The fourth-order valence-corrected chi connectivity index (χ4v) is 4.69. The molecule has 2 heterocycles. The number of nitrogens with one attached hydrogen (secondary N) is 2. The van der Waals surface area contributed by atoms with Crippen molar-refractivity contribution in [3.05, 3.63) is 47.0 Å². The smallest absolute Gasteiger partial charge is 0.248 e. The Bertz CT molecular complexity index is 783. The third-order valence-corrected chi connectivity index (χ3v) is 6.21. The Kier molecular flexibility index (Phi) is 5.02. The number of hydrogen-bond acceptors (Lipinski definition) is 4. The first-order chi connectivity index (χ1) is 12.7. The van der Waals surface area contributed by atoms with Crippen molar-refractivity contribution >= 4 is 28.2 Å². The predicted octanol–water partition coefficient (Wildman–Crippen LogP) is 4.26. The molecule has 6 heteroatoms. The highest BCUT2D eigenvalue weighted by Gasteiger charge is 2.35. The molecule has 5 nitrogen and oxygen atoms in total. The molecule has 1 saturated carbocycles. The summed E-state index contributed by atoms with van der Waals surface area (Å²) in [5.74, 6) is 0.992. The van der Waals surface area contributed by atoms with Crippen LogP contribution in [0.15, 0.2) is 35.8 Å². The number of carbonyl (C=O) groups excluding carboxylic acids is 1. The summed E-state index contributed by atoms with van der Waals surface area (Å²) in [5, 5.41) is 14.1. The van der Waals surface area contributed by atoms with Crippen molar-refractivity contribution in [2.45, 2.75) is 51.1 Å². The number of amides is 1. The molecule has 1 aliphatic carbocycles. The number of fused-ring (bicyclic) bond motifs is 1. The fraction of sp³-hybridized carbons (Fsp3) is 0.450. The molecule has 0 bridgehead atoms. The van der Waals surface area contributed by atoms with Crippen LogP contribution in [0.5, 0.6) is 0 Å². The number of hydrogen-bond donors (Lipinski definition) is 2. The van der Waals surface area contributed by atoms with Gasteiger partial charge in [-0.2, -0.15) is 0 Å². The lowest BCUT2D eigenvalue weighted by molar-refractivity contribution is -0.120. The summed E-state index contributed by atoms with van der Waals surface area (Å²) in [6.45, 7) is 0.637. The monoisotopic (exact) mass is 368 g/mol. The molecular formula is C20H24N4OS. The summed E-state index contributed by atoms with van der Waals surface area (Å²) in [5.41, 5.74) is 2.08. The van der Waals surface area contributed by atoms with Crippen molar-refractivity contribution in [3.8, 4) is 0 Å². The zero-order chi connectivity index (χ0) is 17.9. The molecule has 1 fully saturated rings. The summed E-state index contributed by atoms with van der Waals surface area (Å²) >= 11 is 1.43. The summed E-state index contributed by atoms with van der Waals surface area (Å²) in [6, 6.07) is 7.68. The van der Waals surface area contributed by atoms with Crippen LogP contribution in [0.1, 0.15) is 49.7 Å².